The zero-order valence-corrected chi connectivity index (χ0v) is 10.8. The molecular weight excluding hydrogens is 257 g/mol. The predicted molar refractivity (Wildman–Crippen MR) is 77.0 cm³/mol. The van der Waals surface area contributed by atoms with Gasteiger partial charge in [-0.25, -0.2) is 4.39 Å². The van der Waals surface area contributed by atoms with Gasteiger partial charge in [0.15, 0.2) is 5.82 Å². The Bertz CT molecular complexity index is 725. The minimum atomic E-state index is -0.395. The maximum absolute atomic E-state index is 14.0. The monoisotopic (exact) mass is 271 g/mol. The summed E-state index contributed by atoms with van der Waals surface area (Å²) in [5, 5.41) is 3.81. The van der Waals surface area contributed by atoms with Crippen LogP contribution < -0.4 is 11.1 Å². The lowest BCUT2D eigenvalue weighted by Crippen LogP contribution is -2.07. The van der Waals surface area contributed by atoms with Crippen molar-refractivity contribution in [2.75, 3.05) is 17.6 Å². The summed E-state index contributed by atoms with van der Waals surface area (Å²) in [6.07, 6.45) is 3.92. The number of hydrogen-bond donors (Lipinski definition) is 2. The summed E-state index contributed by atoms with van der Waals surface area (Å²) in [6, 6.07) is 8.64. The molecule has 0 fully saturated rings. The molecule has 4 nitrogen and oxygen atoms in total. The van der Waals surface area contributed by atoms with Crippen LogP contribution in [0.4, 0.5) is 15.8 Å². The standard InChI is InChI=1S/C15H14FN3O/c16-12-9-13(17)11-4-1-6-18-14(11)15(12)19-7-5-10-3-2-8-20-10/h1-4,6,8-9,19H,5,7,17H2. The topological polar surface area (TPSA) is 64.1 Å². The van der Waals surface area contributed by atoms with Gasteiger partial charge in [-0.1, -0.05) is 0 Å². The van der Waals surface area contributed by atoms with Crippen molar-refractivity contribution in [3.63, 3.8) is 0 Å². The van der Waals surface area contributed by atoms with E-state index in [9.17, 15) is 4.39 Å². The third-order valence-electron chi connectivity index (χ3n) is 3.13. The molecule has 0 aliphatic carbocycles. The molecule has 5 heteroatoms. The Labute approximate surface area is 115 Å². The van der Waals surface area contributed by atoms with Crippen LogP contribution in [-0.2, 0) is 6.42 Å². The molecule has 0 amide bonds. The van der Waals surface area contributed by atoms with Crippen LogP contribution in [0, 0.1) is 5.82 Å². The van der Waals surface area contributed by atoms with Crippen molar-refractivity contribution in [1.29, 1.82) is 0 Å². The molecule has 0 spiro atoms. The summed E-state index contributed by atoms with van der Waals surface area (Å²) in [6.45, 7) is 0.556. The zero-order valence-electron chi connectivity index (χ0n) is 10.8. The van der Waals surface area contributed by atoms with Gasteiger partial charge >= 0.3 is 0 Å². The normalized spacial score (nSPS) is 10.8. The van der Waals surface area contributed by atoms with Gasteiger partial charge in [0.2, 0.25) is 0 Å². The third-order valence-corrected chi connectivity index (χ3v) is 3.13. The summed E-state index contributed by atoms with van der Waals surface area (Å²) in [5.41, 5.74) is 7.12. The number of anilines is 2. The van der Waals surface area contributed by atoms with Gasteiger partial charge in [-0.15, -0.1) is 0 Å². The Morgan fingerprint density at radius 3 is 3.00 bits per heavy atom. The van der Waals surface area contributed by atoms with Gasteiger partial charge in [0.1, 0.15) is 5.76 Å². The molecule has 2 heterocycles. The van der Waals surface area contributed by atoms with Gasteiger partial charge < -0.3 is 15.5 Å². The van der Waals surface area contributed by atoms with Crippen LogP contribution in [0.15, 0.2) is 47.2 Å². The van der Waals surface area contributed by atoms with Gasteiger partial charge in [-0.3, -0.25) is 4.98 Å². The third kappa shape index (κ3) is 2.30. The largest absolute Gasteiger partial charge is 0.469 e. The number of aromatic nitrogens is 1. The number of nitrogens with two attached hydrogens (primary N) is 1. The highest BCUT2D eigenvalue weighted by Crippen LogP contribution is 2.29. The molecule has 0 atom stereocenters. The van der Waals surface area contributed by atoms with Crippen LogP contribution in [-0.4, -0.2) is 11.5 Å². The SMILES string of the molecule is Nc1cc(F)c(NCCc2ccco2)c2ncccc12. The molecule has 102 valence electrons. The van der Waals surface area contributed by atoms with E-state index in [4.69, 9.17) is 10.2 Å². The number of nitrogens with zero attached hydrogens (tertiary/aromatic N) is 1. The lowest BCUT2D eigenvalue weighted by atomic mass is 10.1. The highest BCUT2D eigenvalue weighted by molar-refractivity contribution is 5.98. The molecular formula is C15H14FN3O. The van der Waals surface area contributed by atoms with E-state index in [0.717, 1.165) is 11.1 Å². The minimum absolute atomic E-state index is 0.376. The van der Waals surface area contributed by atoms with Crippen molar-refractivity contribution >= 4 is 22.3 Å². The van der Waals surface area contributed by atoms with Gasteiger partial charge in [0, 0.05) is 30.2 Å². The fourth-order valence-corrected chi connectivity index (χ4v) is 2.17. The number of rotatable bonds is 4. The van der Waals surface area contributed by atoms with Crippen LogP contribution in [0.2, 0.25) is 0 Å². The van der Waals surface area contributed by atoms with Gasteiger partial charge in [0.05, 0.1) is 17.5 Å². The van der Waals surface area contributed by atoms with E-state index in [1.807, 2.05) is 18.2 Å². The predicted octanol–water partition coefficient (Wildman–Crippen LogP) is 3.20. The molecule has 0 saturated carbocycles. The van der Waals surface area contributed by atoms with Gasteiger partial charge in [-0.2, -0.15) is 0 Å². The van der Waals surface area contributed by atoms with Crippen molar-refractivity contribution in [2.45, 2.75) is 6.42 Å². The number of halogens is 1. The Hall–Kier alpha value is -2.56. The van der Waals surface area contributed by atoms with Gasteiger partial charge in [0.25, 0.3) is 0 Å². The Balaban J connectivity index is 1.87. The highest BCUT2D eigenvalue weighted by atomic mass is 19.1. The molecule has 3 aromatic rings. The van der Waals surface area contributed by atoms with E-state index in [1.54, 1.807) is 18.5 Å². The molecule has 2 aromatic heterocycles. The van der Waals surface area contributed by atoms with Crippen molar-refractivity contribution in [3.8, 4) is 0 Å². The summed E-state index contributed by atoms with van der Waals surface area (Å²) < 4.78 is 19.3. The lowest BCUT2D eigenvalue weighted by molar-refractivity contribution is 0.512. The van der Waals surface area contributed by atoms with Crippen molar-refractivity contribution in [1.82, 2.24) is 4.98 Å². The van der Waals surface area contributed by atoms with Crippen LogP contribution >= 0.6 is 0 Å². The molecule has 0 bridgehead atoms. The summed E-state index contributed by atoms with van der Waals surface area (Å²) >= 11 is 0. The first-order valence-electron chi connectivity index (χ1n) is 6.34. The van der Waals surface area contributed by atoms with Crippen molar-refractivity contribution in [2.24, 2.45) is 0 Å². The van der Waals surface area contributed by atoms with Crippen LogP contribution in [0.25, 0.3) is 10.9 Å². The first kappa shape index (κ1) is 12.5. The Kier molecular flexibility index (Phi) is 3.25. The lowest BCUT2D eigenvalue weighted by Gasteiger charge is -2.11. The fourth-order valence-electron chi connectivity index (χ4n) is 2.17. The van der Waals surface area contributed by atoms with Crippen LogP contribution in [0.3, 0.4) is 0 Å². The zero-order chi connectivity index (χ0) is 13.9. The molecule has 3 rings (SSSR count). The number of hydrogen-bond acceptors (Lipinski definition) is 4. The smallest absolute Gasteiger partial charge is 0.150 e. The highest BCUT2D eigenvalue weighted by Gasteiger charge is 2.11. The van der Waals surface area contributed by atoms with Crippen molar-refractivity contribution in [3.05, 3.63) is 54.4 Å². The van der Waals surface area contributed by atoms with Crippen molar-refractivity contribution < 1.29 is 8.81 Å². The van der Waals surface area contributed by atoms with E-state index in [0.29, 0.717) is 29.9 Å². The van der Waals surface area contributed by atoms with E-state index < -0.39 is 5.82 Å². The first-order valence-corrected chi connectivity index (χ1v) is 6.34. The molecule has 0 unspecified atom stereocenters. The molecule has 0 aliphatic heterocycles. The first-order chi connectivity index (χ1) is 9.75. The minimum Gasteiger partial charge on any atom is -0.469 e. The quantitative estimate of drug-likeness (QED) is 0.715. The maximum Gasteiger partial charge on any atom is 0.150 e. The van der Waals surface area contributed by atoms with E-state index in [2.05, 4.69) is 10.3 Å². The molecule has 20 heavy (non-hydrogen) atoms. The molecule has 3 N–H and O–H groups in total. The summed E-state index contributed by atoms with van der Waals surface area (Å²) in [5.74, 6) is 0.457. The molecule has 0 saturated heterocycles. The second-order valence-electron chi connectivity index (χ2n) is 4.48. The number of benzene rings is 1. The van der Waals surface area contributed by atoms with E-state index >= 15 is 0 Å². The van der Waals surface area contributed by atoms with Gasteiger partial charge in [-0.05, 0) is 30.3 Å². The summed E-state index contributed by atoms with van der Waals surface area (Å²) in [4.78, 5) is 4.21. The average molecular weight is 271 g/mol. The molecule has 0 radical (unpaired) electrons. The van der Waals surface area contributed by atoms with Crippen LogP contribution in [0.1, 0.15) is 5.76 Å². The second-order valence-corrected chi connectivity index (χ2v) is 4.48. The molecule has 1 aromatic carbocycles. The number of pyridine rings is 1. The Morgan fingerprint density at radius 2 is 2.20 bits per heavy atom. The Morgan fingerprint density at radius 1 is 1.30 bits per heavy atom. The number of furan rings is 1. The molecule has 0 aliphatic rings. The van der Waals surface area contributed by atoms with E-state index in [1.165, 1.54) is 6.07 Å². The van der Waals surface area contributed by atoms with Crippen LogP contribution in [0.5, 0.6) is 0 Å². The average Bonchev–Trinajstić information content (AvgIpc) is 2.96. The second kappa shape index (κ2) is 5.21. The number of nitrogens with one attached hydrogen (secondary N) is 1. The maximum atomic E-state index is 14.0. The van der Waals surface area contributed by atoms with E-state index in [-0.39, 0.29) is 0 Å². The number of nitrogen functional groups attached to an aromatic ring is 1. The summed E-state index contributed by atoms with van der Waals surface area (Å²) in [7, 11) is 0. The number of fused-ring (bicyclic) bond motifs is 1. The fraction of sp³-hybridized carbons (Fsp3) is 0.133.